The minimum absolute atomic E-state index is 0.347. The van der Waals surface area contributed by atoms with Crippen molar-refractivity contribution in [2.24, 2.45) is 0 Å². The lowest BCUT2D eigenvalue weighted by Crippen LogP contribution is -2.20. The van der Waals surface area contributed by atoms with Crippen molar-refractivity contribution in [1.82, 2.24) is 4.98 Å². The summed E-state index contributed by atoms with van der Waals surface area (Å²) >= 11 is 1.57. The second kappa shape index (κ2) is 9.14. The van der Waals surface area contributed by atoms with Gasteiger partial charge in [-0.05, 0) is 55.8 Å². The zero-order valence-corrected chi connectivity index (χ0v) is 16.4. The predicted molar refractivity (Wildman–Crippen MR) is 108 cm³/mol. The number of anilines is 1. The van der Waals surface area contributed by atoms with E-state index in [-0.39, 0.29) is 6.61 Å². The van der Waals surface area contributed by atoms with Gasteiger partial charge in [-0.3, -0.25) is 4.79 Å². The van der Waals surface area contributed by atoms with Crippen molar-refractivity contribution in [3.63, 3.8) is 0 Å². The molecule has 0 aliphatic rings. The van der Waals surface area contributed by atoms with Crippen molar-refractivity contribution in [2.75, 3.05) is 11.9 Å². The molecule has 0 aliphatic heterocycles. The molecule has 2 aromatic carbocycles. The third kappa shape index (κ3) is 5.65. The number of benzene rings is 2. The average Bonchev–Trinajstić information content (AvgIpc) is 3.10. The molecule has 28 heavy (non-hydrogen) atoms. The van der Waals surface area contributed by atoms with Crippen molar-refractivity contribution in [2.45, 2.75) is 20.5 Å². The largest absolute Gasteiger partial charge is 0.487 e. The molecule has 144 valence electrons. The molecule has 3 rings (SSSR count). The number of carbonyl (C=O) groups excluding carboxylic acids is 2. The Morgan fingerprint density at radius 1 is 1.11 bits per heavy atom. The third-order valence-corrected chi connectivity index (χ3v) is 4.60. The van der Waals surface area contributed by atoms with E-state index in [1.54, 1.807) is 41.7 Å². The molecule has 1 aromatic heterocycles. The molecule has 0 atom stereocenters. The number of ether oxygens (including phenoxy) is 2. The standard InChI is InChI=1S/C21H20N2O4S/c1-14-4-3-5-17(10-14)23-20(24)12-27-21(25)16-6-8-19(9-7-16)26-11-18-13-28-15(2)22-18/h3-10,13H,11-12H2,1-2H3,(H,23,24). The van der Waals surface area contributed by atoms with Crippen LogP contribution in [-0.2, 0) is 16.1 Å². The van der Waals surface area contributed by atoms with Gasteiger partial charge in [0.25, 0.3) is 5.91 Å². The molecule has 0 fully saturated rings. The second-order valence-corrected chi connectivity index (χ2v) is 7.23. The maximum Gasteiger partial charge on any atom is 0.338 e. The molecule has 3 aromatic rings. The Morgan fingerprint density at radius 2 is 1.89 bits per heavy atom. The molecule has 7 heteroatoms. The summed E-state index contributed by atoms with van der Waals surface area (Å²) in [5, 5.41) is 5.63. The van der Waals surface area contributed by atoms with Crippen LogP contribution in [0.3, 0.4) is 0 Å². The molecule has 0 bridgehead atoms. The zero-order chi connectivity index (χ0) is 19.9. The number of hydrogen-bond donors (Lipinski definition) is 1. The van der Waals surface area contributed by atoms with E-state index in [9.17, 15) is 9.59 Å². The number of amides is 1. The topological polar surface area (TPSA) is 77.5 Å². The molecule has 0 saturated carbocycles. The summed E-state index contributed by atoms with van der Waals surface area (Å²) in [5.41, 5.74) is 2.91. The van der Waals surface area contributed by atoms with Gasteiger partial charge in [-0.1, -0.05) is 12.1 Å². The van der Waals surface area contributed by atoms with Crippen LogP contribution < -0.4 is 10.1 Å². The fourth-order valence-corrected chi connectivity index (χ4v) is 3.05. The fraction of sp³-hybridized carbons (Fsp3) is 0.190. The van der Waals surface area contributed by atoms with Gasteiger partial charge in [0, 0.05) is 11.1 Å². The second-order valence-electron chi connectivity index (χ2n) is 6.16. The number of nitrogens with zero attached hydrogens (tertiary/aromatic N) is 1. The Morgan fingerprint density at radius 3 is 2.57 bits per heavy atom. The minimum Gasteiger partial charge on any atom is -0.487 e. The first-order valence-electron chi connectivity index (χ1n) is 8.67. The highest BCUT2D eigenvalue weighted by atomic mass is 32.1. The van der Waals surface area contributed by atoms with Crippen LogP contribution in [0.4, 0.5) is 5.69 Å². The smallest absolute Gasteiger partial charge is 0.338 e. The maximum absolute atomic E-state index is 12.1. The van der Waals surface area contributed by atoms with E-state index >= 15 is 0 Å². The number of aromatic nitrogens is 1. The number of esters is 1. The average molecular weight is 396 g/mol. The molecule has 1 N–H and O–H groups in total. The van der Waals surface area contributed by atoms with Gasteiger partial charge in [0.1, 0.15) is 12.4 Å². The van der Waals surface area contributed by atoms with Crippen LogP contribution in [0, 0.1) is 13.8 Å². The molecule has 1 heterocycles. The first-order chi connectivity index (χ1) is 13.5. The Bertz CT molecular complexity index is 967. The SMILES string of the molecule is Cc1cccc(NC(=O)COC(=O)c2ccc(OCc3csc(C)n3)cc2)c1. The number of nitrogens with one attached hydrogen (secondary N) is 1. The Kier molecular flexibility index (Phi) is 6.39. The van der Waals surface area contributed by atoms with Crippen LogP contribution >= 0.6 is 11.3 Å². The van der Waals surface area contributed by atoms with Crippen LogP contribution in [-0.4, -0.2) is 23.5 Å². The Balaban J connectivity index is 1.46. The van der Waals surface area contributed by atoms with E-state index in [0.29, 0.717) is 23.6 Å². The Labute approximate surface area is 167 Å². The molecule has 0 unspecified atom stereocenters. The summed E-state index contributed by atoms with van der Waals surface area (Å²) < 4.78 is 10.7. The molecular weight excluding hydrogens is 376 g/mol. The summed E-state index contributed by atoms with van der Waals surface area (Å²) in [6, 6.07) is 14.0. The molecular formula is C21H20N2O4S. The van der Waals surface area contributed by atoms with Crippen molar-refractivity contribution in [3.8, 4) is 5.75 Å². The zero-order valence-electron chi connectivity index (χ0n) is 15.6. The van der Waals surface area contributed by atoms with Gasteiger partial charge in [0.2, 0.25) is 0 Å². The minimum atomic E-state index is -0.568. The summed E-state index contributed by atoms with van der Waals surface area (Å²) in [5.74, 6) is -0.335. The molecule has 0 saturated heterocycles. The van der Waals surface area contributed by atoms with Gasteiger partial charge in [-0.15, -0.1) is 11.3 Å². The molecule has 6 nitrogen and oxygen atoms in total. The van der Waals surface area contributed by atoms with Gasteiger partial charge in [0.15, 0.2) is 6.61 Å². The summed E-state index contributed by atoms with van der Waals surface area (Å²) in [4.78, 5) is 28.3. The van der Waals surface area contributed by atoms with E-state index in [4.69, 9.17) is 9.47 Å². The van der Waals surface area contributed by atoms with Gasteiger partial charge in [-0.25, -0.2) is 9.78 Å². The molecule has 1 amide bonds. The highest BCUT2D eigenvalue weighted by Gasteiger charge is 2.11. The molecule has 0 spiro atoms. The number of thiazole rings is 1. The third-order valence-electron chi connectivity index (χ3n) is 3.78. The summed E-state index contributed by atoms with van der Waals surface area (Å²) in [6.07, 6.45) is 0. The van der Waals surface area contributed by atoms with Gasteiger partial charge in [0.05, 0.1) is 16.3 Å². The van der Waals surface area contributed by atoms with Gasteiger partial charge < -0.3 is 14.8 Å². The summed E-state index contributed by atoms with van der Waals surface area (Å²) in [6.45, 7) is 3.89. The molecule has 0 radical (unpaired) electrons. The van der Waals surface area contributed by atoms with E-state index < -0.39 is 11.9 Å². The predicted octanol–water partition coefficient (Wildman–Crippen LogP) is 4.13. The van der Waals surface area contributed by atoms with E-state index in [1.165, 1.54) is 0 Å². The monoisotopic (exact) mass is 396 g/mol. The van der Waals surface area contributed by atoms with Crippen molar-refractivity contribution in [1.29, 1.82) is 0 Å². The van der Waals surface area contributed by atoms with Crippen molar-refractivity contribution >= 4 is 28.9 Å². The van der Waals surface area contributed by atoms with Crippen LogP contribution in [0.25, 0.3) is 0 Å². The van der Waals surface area contributed by atoms with Gasteiger partial charge in [-0.2, -0.15) is 0 Å². The quantitative estimate of drug-likeness (QED) is 0.608. The lowest BCUT2D eigenvalue weighted by Gasteiger charge is -2.08. The highest BCUT2D eigenvalue weighted by Crippen LogP contribution is 2.16. The number of aryl methyl sites for hydroxylation is 2. The van der Waals surface area contributed by atoms with E-state index in [2.05, 4.69) is 10.3 Å². The lowest BCUT2D eigenvalue weighted by atomic mass is 10.2. The highest BCUT2D eigenvalue weighted by molar-refractivity contribution is 7.09. The summed E-state index contributed by atoms with van der Waals surface area (Å²) in [7, 11) is 0. The fourth-order valence-electron chi connectivity index (χ4n) is 2.45. The molecule has 0 aliphatic carbocycles. The van der Waals surface area contributed by atoms with Gasteiger partial charge >= 0.3 is 5.97 Å². The normalized spacial score (nSPS) is 10.4. The van der Waals surface area contributed by atoms with Crippen molar-refractivity contribution < 1.29 is 19.1 Å². The lowest BCUT2D eigenvalue weighted by molar-refractivity contribution is -0.119. The van der Waals surface area contributed by atoms with E-state index in [0.717, 1.165) is 16.3 Å². The number of rotatable bonds is 7. The number of carbonyl (C=O) groups is 2. The number of hydrogen-bond acceptors (Lipinski definition) is 6. The van der Waals surface area contributed by atoms with Crippen molar-refractivity contribution in [3.05, 3.63) is 75.7 Å². The maximum atomic E-state index is 12.1. The van der Waals surface area contributed by atoms with E-state index in [1.807, 2.05) is 37.4 Å². The van der Waals surface area contributed by atoms with Crippen LogP contribution in [0.5, 0.6) is 5.75 Å². The Hall–Kier alpha value is -3.19. The first-order valence-corrected chi connectivity index (χ1v) is 9.55. The van der Waals surface area contributed by atoms with Crippen LogP contribution in [0.1, 0.15) is 26.6 Å². The first kappa shape index (κ1) is 19.6. The van der Waals surface area contributed by atoms with Crippen LogP contribution in [0.15, 0.2) is 53.9 Å². The van der Waals surface area contributed by atoms with Crippen LogP contribution in [0.2, 0.25) is 0 Å².